The molecule has 2 aliphatic rings. The number of carbonyl (C=O) groups is 5. The van der Waals surface area contributed by atoms with E-state index in [-0.39, 0.29) is 29.1 Å². The maximum absolute atomic E-state index is 13.9. The summed E-state index contributed by atoms with van der Waals surface area (Å²) in [4.78, 5) is 66.6. The zero-order chi connectivity index (χ0) is 29.6. The van der Waals surface area contributed by atoms with Gasteiger partial charge in [0.1, 0.15) is 17.7 Å². The van der Waals surface area contributed by atoms with E-state index in [0.717, 1.165) is 7.11 Å². The number of esters is 1. The van der Waals surface area contributed by atoms with Crippen molar-refractivity contribution in [2.45, 2.75) is 106 Å². The van der Waals surface area contributed by atoms with Gasteiger partial charge < -0.3 is 25.0 Å². The minimum Gasteiger partial charge on any atom is -0.463 e. The standard InChI is InChI=1S/C28H47N3O7/c1-25(2,3)13-16(19(32)23(35)37-12)29-21(33)18-17-15(28(17,10)11)14-31(18)22(34)20(26(4,5)6)30-24(36)38-27(7,8)9/h15-18,20H,13-14H2,1-12H3,(H,29,33)(H,30,36)/t15-,16?,17-,18-,20+/m0/s1. The van der Waals surface area contributed by atoms with Crippen molar-refractivity contribution < 1.29 is 33.4 Å². The molecule has 1 heterocycles. The Bertz CT molecular complexity index is 968. The SMILES string of the molecule is COC(=O)C(=O)C(CC(C)(C)C)NC(=O)[C@@H]1[C@@H]2[C@H](CN1C(=O)[C@@H](NC(=O)OC(C)(C)C)C(C)(C)C)C2(C)C. The average Bonchev–Trinajstić information content (AvgIpc) is 3.07. The van der Waals surface area contributed by atoms with Crippen LogP contribution in [0.15, 0.2) is 0 Å². The van der Waals surface area contributed by atoms with Crippen LogP contribution in [0.25, 0.3) is 0 Å². The predicted molar refractivity (Wildman–Crippen MR) is 142 cm³/mol. The molecule has 0 bridgehead atoms. The van der Waals surface area contributed by atoms with Crippen molar-refractivity contribution in [3.63, 3.8) is 0 Å². The molecule has 216 valence electrons. The zero-order valence-corrected chi connectivity index (χ0v) is 25.1. The third kappa shape index (κ3) is 7.26. The molecule has 0 aromatic heterocycles. The van der Waals surface area contributed by atoms with Gasteiger partial charge >= 0.3 is 12.1 Å². The van der Waals surface area contributed by atoms with Crippen LogP contribution in [-0.4, -0.2) is 71.9 Å². The quantitative estimate of drug-likeness (QED) is 0.377. The molecule has 0 aromatic carbocycles. The van der Waals surface area contributed by atoms with Crippen LogP contribution >= 0.6 is 0 Å². The molecule has 0 aromatic rings. The largest absolute Gasteiger partial charge is 0.463 e. The van der Waals surface area contributed by atoms with E-state index in [0.29, 0.717) is 6.54 Å². The Kier molecular flexibility index (Phi) is 8.71. The first kappa shape index (κ1) is 31.6. The van der Waals surface area contributed by atoms with Gasteiger partial charge in [0.2, 0.25) is 11.8 Å². The van der Waals surface area contributed by atoms with Crippen molar-refractivity contribution in [2.75, 3.05) is 13.7 Å². The molecule has 2 fully saturated rings. The molecule has 38 heavy (non-hydrogen) atoms. The third-order valence-corrected chi connectivity index (χ3v) is 7.37. The number of methoxy groups -OCH3 is 1. The van der Waals surface area contributed by atoms with Gasteiger partial charge in [-0.15, -0.1) is 0 Å². The lowest BCUT2D eigenvalue weighted by atomic mass is 9.85. The summed E-state index contributed by atoms with van der Waals surface area (Å²) in [6.45, 7) is 20.9. The van der Waals surface area contributed by atoms with Crippen LogP contribution in [0.1, 0.15) is 82.6 Å². The molecule has 5 atom stereocenters. The zero-order valence-electron chi connectivity index (χ0n) is 25.1. The van der Waals surface area contributed by atoms with Crippen LogP contribution < -0.4 is 10.6 Å². The lowest BCUT2D eigenvalue weighted by Crippen LogP contribution is -2.60. The minimum atomic E-state index is -1.09. The fourth-order valence-corrected chi connectivity index (χ4v) is 5.37. The van der Waals surface area contributed by atoms with E-state index in [9.17, 15) is 24.0 Å². The third-order valence-electron chi connectivity index (χ3n) is 7.37. The topological polar surface area (TPSA) is 131 Å². The van der Waals surface area contributed by atoms with Gasteiger partial charge in [-0.3, -0.25) is 14.4 Å². The van der Waals surface area contributed by atoms with Crippen molar-refractivity contribution in [1.82, 2.24) is 15.5 Å². The van der Waals surface area contributed by atoms with Gasteiger partial charge in [-0.05, 0) is 55.3 Å². The molecule has 1 saturated heterocycles. The summed E-state index contributed by atoms with van der Waals surface area (Å²) in [6, 6.07) is -2.89. The Hall–Kier alpha value is -2.65. The molecule has 2 N–H and O–H groups in total. The van der Waals surface area contributed by atoms with Crippen molar-refractivity contribution >= 4 is 29.7 Å². The molecular formula is C28H47N3O7. The van der Waals surface area contributed by atoms with E-state index in [2.05, 4.69) is 29.2 Å². The lowest BCUT2D eigenvalue weighted by Gasteiger charge is -2.38. The second kappa shape index (κ2) is 10.5. The molecule has 0 radical (unpaired) electrons. The first-order valence-electron chi connectivity index (χ1n) is 13.2. The van der Waals surface area contributed by atoms with E-state index in [1.54, 1.807) is 20.8 Å². The minimum absolute atomic E-state index is 0.0988. The summed E-state index contributed by atoms with van der Waals surface area (Å²) in [7, 11) is 1.12. The first-order chi connectivity index (χ1) is 17.0. The number of hydrogen-bond acceptors (Lipinski definition) is 7. The summed E-state index contributed by atoms with van der Waals surface area (Å²) >= 11 is 0. The number of nitrogens with zero attached hydrogens (tertiary/aromatic N) is 1. The number of nitrogens with one attached hydrogen (secondary N) is 2. The number of carbonyl (C=O) groups excluding carboxylic acids is 5. The van der Waals surface area contributed by atoms with Crippen LogP contribution in [0.3, 0.4) is 0 Å². The van der Waals surface area contributed by atoms with Crippen molar-refractivity contribution in [3.8, 4) is 0 Å². The van der Waals surface area contributed by atoms with Crippen LogP contribution in [0.5, 0.6) is 0 Å². The molecule has 1 unspecified atom stereocenters. The van der Waals surface area contributed by atoms with Gasteiger partial charge in [0.15, 0.2) is 0 Å². The number of hydrogen-bond donors (Lipinski definition) is 2. The summed E-state index contributed by atoms with van der Waals surface area (Å²) in [6.07, 6.45) is -0.499. The lowest BCUT2D eigenvalue weighted by molar-refractivity contribution is -0.153. The van der Waals surface area contributed by atoms with E-state index >= 15 is 0 Å². The van der Waals surface area contributed by atoms with E-state index in [1.807, 2.05) is 41.5 Å². The number of amides is 3. The monoisotopic (exact) mass is 537 g/mol. The Balaban J connectivity index is 2.36. The van der Waals surface area contributed by atoms with E-state index in [1.165, 1.54) is 4.90 Å². The summed E-state index contributed by atoms with van der Waals surface area (Å²) < 4.78 is 10.0. The molecule has 1 aliphatic carbocycles. The maximum Gasteiger partial charge on any atom is 0.408 e. The van der Waals surface area contributed by atoms with Crippen LogP contribution in [-0.2, 0) is 28.7 Å². The molecule has 1 aliphatic heterocycles. The highest BCUT2D eigenvalue weighted by Crippen LogP contribution is 2.65. The molecule has 10 heteroatoms. The van der Waals surface area contributed by atoms with E-state index in [4.69, 9.17) is 4.74 Å². The molecule has 3 amide bonds. The molecular weight excluding hydrogens is 490 g/mol. The Morgan fingerprint density at radius 2 is 1.50 bits per heavy atom. The van der Waals surface area contributed by atoms with E-state index < -0.39 is 58.8 Å². The highest BCUT2D eigenvalue weighted by molar-refractivity contribution is 6.36. The number of rotatable bonds is 7. The van der Waals surface area contributed by atoms with Gasteiger partial charge in [-0.25, -0.2) is 9.59 Å². The predicted octanol–water partition coefficient (Wildman–Crippen LogP) is 3.07. The molecule has 1 saturated carbocycles. The van der Waals surface area contributed by atoms with Crippen LogP contribution in [0.4, 0.5) is 4.79 Å². The molecule has 0 spiro atoms. The highest BCUT2D eigenvalue weighted by atomic mass is 16.6. The average molecular weight is 538 g/mol. The number of ether oxygens (including phenoxy) is 2. The van der Waals surface area contributed by atoms with Gasteiger partial charge in [-0.1, -0.05) is 55.4 Å². The Morgan fingerprint density at radius 3 is 1.95 bits per heavy atom. The van der Waals surface area contributed by atoms with Crippen molar-refractivity contribution in [3.05, 3.63) is 0 Å². The smallest absolute Gasteiger partial charge is 0.408 e. The number of ketones is 1. The number of likely N-dealkylation sites (tertiary alicyclic amines) is 1. The number of piperidine rings is 1. The Morgan fingerprint density at radius 1 is 0.947 bits per heavy atom. The second-order valence-electron chi connectivity index (χ2n) is 14.5. The number of Topliss-reactive ketones (excluding diaryl/α,β-unsaturated/α-hetero) is 1. The van der Waals surface area contributed by atoms with Gasteiger partial charge in [-0.2, -0.15) is 0 Å². The van der Waals surface area contributed by atoms with Crippen LogP contribution in [0, 0.1) is 28.1 Å². The summed E-state index contributed by atoms with van der Waals surface area (Å²) in [5.74, 6) is -2.76. The summed E-state index contributed by atoms with van der Waals surface area (Å²) in [5, 5.41) is 5.48. The fraction of sp³-hybridized carbons (Fsp3) is 0.821. The Labute approximate surface area is 226 Å². The fourth-order valence-electron chi connectivity index (χ4n) is 5.37. The maximum atomic E-state index is 13.9. The molecule has 2 rings (SSSR count). The number of fused-ring (bicyclic) bond motifs is 1. The van der Waals surface area contributed by atoms with Gasteiger partial charge in [0.25, 0.3) is 5.78 Å². The highest BCUT2D eigenvalue weighted by Gasteiger charge is 2.70. The van der Waals surface area contributed by atoms with Crippen LogP contribution in [0.2, 0.25) is 0 Å². The normalized spacial score (nSPS) is 24.0. The van der Waals surface area contributed by atoms with Gasteiger partial charge in [0, 0.05) is 6.54 Å². The van der Waals surface area contributed by atoms with Crippen molar-refractivity contribution in [2.24, 2.45) is 28.1 Å². The van der Waals surface area contributed by atoms with Crippen molar-refractivity contribution in [1.29, 1.82) is 0 Å². The first-order valence-corrected chi connectivity index (χ1v) is 13.2. The second-order valence-corrected chi connectivity index (χ2v) is 14.5. The number of alkyl carbamates (subject to hydrolysis) is 1. The van der Waals surface area contributed by atoms with Gasteiger partial charge in [0.05, 0.1) is 13.2 Å². The molecule has 10 nitrogen and oxygen atoms in total. The summed E-state index contributed by atoms with van der Waals surface area (Å²) in [5.41, 5.74) is -1.96.